The number of aromatic nitrogens is 2. The van der Waals surface area contributed by atoms with E-state index in [0.29, 0.717) is 29.5 Å². The Bertz CT molecular complexity index is 934. The van der Waals surface area contributed by atoms with E-state index in [-0.39, 0.29) is 11.7 Å². The van der Waals surface area contributed by atoms with Crippen molar-refractivity contribution in [1.29, 1.82) is 0 Å². The van der Waals surface area contributed by atoms with Gasteiger partial charge in [0.25, 0.3) is 5.91 Å². The number of fused-ring (bicyclic) bond motifs is 1. The second-order valence-corrected chi connectivity index (χ2v) is 6.43. The van der Waals surface area contributed by atoms with Crippen LogP contribution < -0.4 is 4.90 Å². The first-order valence-electron chi connectivity index (χ1n) is 8.04. The SMILES string of the molecule is O=C(c1cn2cc(F)ccc2n1)N1CCN(c2cccc(Cl)c2)CC1. The number of carbonyl (C=O) groups is 1. The molecule has 0 atom stereocenters. The van der Waals surface area contributed by atoms with Gasteiger partial charge < -0.3 is 14.2 Å². The molecule has 0 unspecified atom stereocenters. The summed E-state index contributed by atoms with van der Waals surface area (Å²) in [5.74, 6) is -0.492. The number of halogens is 2. The third-order valence-corrected chi connectivity index (χ3v) is 4.61. The van der Waals surface area contributed by atoms with E-state index >= 15 is 0 Å². The maximum atomic E-state index is 13.3. The molecule has 1 aromatic carbocycles. The summed E-state index contributed by atoms with van der Waals surface area (Å²) in [5, 5.41) is 0.702. The zero-order chi connectivity index (χ0) is 17.4. The van der Waals surface area contributed by atoms with Gasteiger partial charge in [0.05, 0.1) is 0 Å². The van der Waals surface area contributed by atoms with E-state index in [4.69, 9.17) is 11.6 Å². The standard InChI is InChI=1S/C18H16ClFN4O/c19-13-2-1-3-15(10-13)22-6-8-23(9-7-22)18(25)16-12-24-11-14(20)4-5-17(24)21-16/h1-5,10-12H,6-9H2. The molecule has 1 amide bonds. The van der Waals surface area contributed by atoms with E-state index in [0.717, 1.165) is 18.8 Å². The fourth-order valence-corrected chi connectivity index (χ4v) is 3.25. The summed E-state index contributed by atoms with van der Waals surface area (Å²) in [7, 11) is 0. The summed E-state index contributed by atoms with van der Waals surface area (Å²) in [6.07, 6.45) is 2.89. The average Bonchev–Trinajstić information content (AvgIpc) is 3.04. The lowest BCUT2D eigenvalue weighted by Gasteiger charge is -2.35. The maximum Gasteiger partial charge on any atom is 0.274 e. The van der Waals surface area contributed by atoms with Crippen LogP contribution >= 0.6 is 11.6 Å². The molecule has 5 nitrogen and oxygen atoms in total. The largest absolute Gasteiger partial charge is 0.368 e. The van der Waals surface area contributed by atoms with Crippen LogP contribution in [0.15, 0.2) is 48.8 Å². The zero-order valence-corrected chi connectivity index (χ0v) is 14.2. The number of amides is 1. The van der Waals surface area contributed by atoms with Crippen LogP contribution in [0.1, 0.15) is 10.5 Å². The Balaban J connectivity index is 1.47. The fraction of sp³-hybridized carbons (Fsp3) is 0.222. The lowest BCUT2D eigenvalue weighted by Crippen LogP contribution is -2.48. The van der Waals surface area contributed by atoms with Gasteiger partial charge in [-0.25, -0.2) is 9.37 Å². The lowest BCUT2D eigenvalue weighted by atomic mass is 10.2. The fourth-order valence-electron chi connectivity index (χ4n) is 3.07. The smallest absolute Gasteiger partial charge is 0.274 e. The highest BCUT2D eigenvalue weighted by atomic mass is 35.5. The Morgan fingerprint density at radius 1 is 1.08 bits per heavy atom. The minimum Gasteiger partial charge on any atom is -0.368 e. The quantitative estimate of drug-likeness (QED) is 0.707. The molecule has 1 fully saturated rings. The van der Waals surface area contributed by atoms with Gasteiger partial charge in [0.1, 0.15) is 17.2 Å². The molecule has 0 bridgehead atoms. The Morgan fingerprint density at radius 3 is 2.64 bits per heavy atom. The van der Waals surface area contributed by atoms with E-state index in [2.05, 4.69) is 9.88 Å². The molecule has 7 heteroatoms. The second kappa shape index (κ2) is 6.37. The van der Waals surface area contributed by atoms with E-state index in [9.17, 15) is 9.18 Å². The third-order valence-electron chi connectivity index (χ3n) is 4.37. The number of piperazine rings is 1. The number of benzene rings is 1. The zero-order valence-electron chi connectivity index (χ0n) is 13.4. The molecule has 1 aliphatic heterocycles. The van der Waals surface area contributed by atoms with E-state index in [1.54, 1.807) is 17.2 Å². The molecule has 4 rings (SSSR count). The highest BCUT2D eigenvalue weighted by Crippen LogP contribution is 2.21. The Kier molecular flexibility index (Phi) is 4.05. The Labute approximate surface area is 149 Å². The van der Waals surface area contributed by atoms with Crippen molar-refractivity contribution in [2.24, 2.45) is 0 Å². The molecule has 3 heterocycles. The van der Waals surface area contributed by atoms with Crippen LogP contribution in [-0.4, -0.2) is 46.4 Å². The van der Waals surface area contributed by atoms with Crippen molar-refractivity contribution >= 4 is 28.8 Å². The van der Waals surface area contributed by atoms with E-state index < -0.39 is 0 Å². The van der Waals surface area contributed by atoms with Crippen molar-refractivity contribution in [3.63, 3.8) is 0 Å². The van der Waals surface area contributed by atoms with Crippen LogP contribution in [0.3, 0.4) is 0 Å². The van der Waals surface area contributed by atoms with Crippen LogP contribution in [0, 0.1) is 5.82 Å². The minimum absolute atomic E-state index is 0.130. The summed E-state index contributed by atoms with van der Waals surface area (Å²) in [4.78, 5) is 20.9. The summed E-state index contributed by atoms with van der Waals surface area (Å²) in [6.45, 7) is 2.67. The number of anilines is 1. The predicted octanol–water partition coefficient (Wildman–Crippen LogP) is 3.09. The molecule has 0 saturated carbocycles. The van der Waals surface area contributed by atoms with Gasteiger partial charge in [0, 0.05) is 49.3 Å². The molecule has 2 aromatic heterocycles. The van der Waals surface area contributed by atoms with Crippen molar-refractivity contribution in [3.05, 3.63) is 65.3 Å². The first-order valence-corrected chi connectivity index (χ1v) is 8.42. The molecule has 3 aromatic rings. The van der Waals surface area contributed by atoms with Gasteiger partial charge in [-0.15, -0.1) is 0 Å². The van der Waals surface area contributed by atoms with Gasteiger partial charge in [0.15, 0.2) is 0 Å². The van der Waals surface area contributed by atoms with Crippen LogP contribution in [0.25, 0.3) is 5.65 Å². The summed E-state index contributed by atoms with van der Waals surface area (Å²) in [6, 6.07) is 10.6. The van der Waals surface area contributed by atoms with Crippen LogP contribution in [-0.2, 0) is 0 Å². The normalized spacial score (nSPS) is 15.0. The third kappa shape index (κ3) is 3.17. The molecular weight excluding hydrogens is 343 g/mol. The number of rotatable bonds is 2. The summed E-state index contributed by atoms with van der Waals surface area (Å²) in [5.41, 5.74) is 1.95. The number of pyridine rings is 1. The lowest BCUT2D eigenvalue weighted by molar-refractivity contribution is 0.0741. The maximum absolute atomic E-state index is 13.3. The van der Waals surface area contributed by atoms with Crippen molar-refractivity contribution in [2.75, 3.05) is 31.1 Å². The molecule has 25 heavy (non-hydrogen) atoms. The molecular formula is C18H16ClFN4O. The molecule has 1 saturated heterocycles. The van der Waals surface area contributed by atoms with E-state index in [1.165, 1.54) is 16.7 Å². The highest BCUT2D eigenvalue weighted by molar-refractivity contribution is 6.30. The van der Waals surface area contributed by atoms with Gasteiger partial charge in [-0.05, 0) is 30.3 Å². The highest BCUT2D eigenvalue weighted by Gasteiger charge is 2.24. The molecule has 0 aliphatic carbocycles. The number of hydrogen-bond acceptors (Lipinski definition) is 3. The van der Waals surface area contributed by atoms with Crippen molar-refractivity contribution in [3.8, 4) is 0 Å². The number of imidazole rings is 1. The van der Waals surface area contributed by atoms with E-state index in [1.807, 2.05) is 24.3 Å². The molecule has 0 N–H and O–H groups in total. The molecule has 128 valence electrons. The number of carbonyl (C=O) groups excluding carboxylic acids is 1. The van der Waals surface area contributed by atoms with Crippen molar-refractivity contribution < 1.29 is 9.18 Å². The topological polar surface area (TPSA) is 40.9 Å². The Morgan fingerprint density at radius 2 is 1.88 bits per heavy atom. The monoisotopic (exact) mass is 358 g/mol. The molecule has 1 aliphatic rings. The second-order valence-electron chi connectivity index (χ2n) is 6.00. The van der Waals surface area contributed by atoms with Crippen LogP contribution in [0.4, 0.5) is 10.1 Å². The van der Waals surface area contributed by atoms with Gasteiger partial charge in [-0.3, -0.25) is 4.79 Å². The molecule has 0 spiro atoms. The Hall–Kier alpha value is -2.60. The van der Waals surface area contributed by atoms with Crippen LogP contribution in [0.2, 0.25) is 5.02 Å². The number of hydrogen-bond donors (Lipinski definition) is 0. The van der Waals surface area contributed by atoms with Crippen molar-refractivity contribution in [1.82, 2.24) is 14.3 Å². The van der Waals surface area contributed by atoms with Gasteiger partial charge in [-0.1, -0.05) is 17.7 Å². The van der Waals surface area contributed by atoms with Crippen LogP contribution in [0.5, 0.6) is 0 Å². The minimum atomic E-state index is -0.362. The number of nitrogens with zero attached hydrogens (tertiary/aromatic N) is 4. The average molecular weight is 359 g/mol. The summed E-state index contributed by atoms with van der Waals surface area (Å²) < 4.78 is 14.8. The van der Waals surface area contributed by atoms with Crippen molar-refractivity contribution in [2.45, 2.75) is 0 Å². The first-order chi connectivity index (χ1) is 12.1. The predicted molar refractivity (Wildman–Crippen MR) is 94.7 cm³/mol. The summed E-state index contributed by atoms with van der Waals surface area (Å²) >= 11 is 6.04. The van der Waals surface area contributed by atoms with Gasteiger partial charge in [0.2, 0.25) is 0 Å². The molecule has 0 radical (unpaired) electrons. The van der Waals surface area contributed by atoms with Gasteiger partial charge >= 0.3 is 0 Å². The van der Waals surface area contributed by atoms with Gasteiger partial charge in [-0.2, -0.15) is 0 Å². The first kappa shape index (κ1) is 15.9.